The minimum absolute atomic E-state index is 0.179. The first kappa shape index (κ1) is 17.6. The van der Waals surface area contributed by atoms with Gasteiger partial charge in [0.2, 0.25) is 10.0 Å². The van der Waals surface area contributed by atoms with Crippen molar-refractivity contribution in [2.45, 2.75) is 31.3 Å². The van der Waals surface area contributed by atoms with Gasteiger partial charge in [0.05, 0.1) is 4.90 Å². The molecule has 0 spiro atoms. The van der Waals surface area contributed by atoms with Crippen molar-refractivity contribution in [2.24, 2.45) is 0 Å². The molecule has 23 heavy (non-hydrogen) atoms. The minimum atomic E-state index is -3.74. The molecular weight excluding hydrogens is 317 g/mol. The Labute approximate surface area is 136 Å². The Morgan fingerprint density at radius 2 is 1.74 bits per heavy atom. The van der Waals surface area contributed by atoms with Gasteiger partial charge in [-0.3, -0.25) is 0 Å². The van der Waals surface area contributed by atoms with Crippen LogP contribution in [0.2, 0.25) is 0 Å². The zero-order valence-electron chi connectivity index (χ0n) is 13.3. The molecule has 0 heterocycles. The van der Waals surface area contributed by atoms with Crippen LogP contribution in [0, 0.1) is 19.7 Å². The van der Waals surface area contributed by atoms with Crippen LogP contribution in [0.1, 0.15) is 23.6 Å². The lowest BCUT2D eigenvalue weighted by atomic mass is 9.96. The number of rotatable bonds is 5. The van der Waals surface area contributed by atoms with Crippen LogP contribution in [-0.4, -0.2) is 20.1 Å². The van der Waals surface area contributed by atoms with Crippen LogP contribution in [0.4, 0.5) is 4.39 Å². The van der Waals surface area contributed by atoms with Crippen LogP contribution in [0.3, 0.4) is 0 Å². The molecule has 2 N–H and O–H groups in total. The standard InChI is InChI=1S/C17H20FNO3S/c1-12-4-9-16(13(2)10-12)23(21,22)19-11-17(3,20)14-5-7-15(18)8-6-14/h4-10,19-20H,11H2,1-3H3. The highest BCUT2D eigenvalue weighted by Crippen LogP contribution is 2.22. The van der Waals surface area contributed by atoms with Gasteiger partial charge in [0.25, 0.3) is 0 Å². The monoisotopic (exact) mass is 337 g/mol. The first-order chi connectivity index (χ1) is 10.6. The maximum Gasteiger partial charge on any atom is 0.240 e. The van der Waals surface area contributed by atoms with Gasteiger partial charge in [-0.15, -0.1) is 0 Å². The SMILES string of the molecule is Cc1ccc(S(=O)(=O)NCC(C)(O)c2ccc(F)cc2)c(C)c1. The van der Waals surface area contributed by atoms with E-state index in [9.17, 15) is 17.9 Å². The highest BCUT2D eigenvalue weighted by Gasteiger charge is 2.26. The van der Waals surface area contributed by atoms with E-state index < -0.39 is 21.4 Å². The number of sulfonamides is 1. The Balaban J connectivity index is 2.19. The summed E-state index contributed by atoms with van der Waals surface area (Å²) in [5.74, 6) is -0.416. The van der Waals surface area contributed by atoms with Crippen LogP contribution < -0.4 is 4.72 Å². The highest BCUT2D eigenvalue weighted by atomic mass is 32.2. The number of benzene rings is 2. The van der Waals surface area contributed by atoms with Gasteiger partial charge in [-0.2, -0.15) is 0 Å². The smallest absolute Gasteiger partial charge is 0.240 e. The van der Waals surface area contributed by atoms with E-state index in [4.69, 9.17) is 0 Å². The normalized spacial score (nSPS) is 14.5. The Morgan fingerprint density at radius 3 is 2.30 bits per heavy atom. The Bertz CT molecular complexity index is 799. The van der Waals surface area contributed by atoms with Crippen molar-refractivity contribution >= 4 is 10.0 Å². The summed E-state index contributed by atoms with van der Waals surface area (Å²) in [5.41, 5.74) is 0.597. The maximum absolute atomic E-state index is 13.0. The van der Waals surface area contributed by atoms with Gasteiger partial charge in [0.15, 0.2) is 0 Å². The molecule has 0 saturated carbocycles. The molecule has 0 fully saturated rings. The number of aryl methyl sites for hydroxylation is 2. The van der Waals surface area contributed by atoms with Gasteiger partial charge in [-0.25, -0.2) is 17.5 Å². The molecule has 0 radical (unpaired) electrons. The molecule has 0 aliphatic carbocycles. The fraction of sp³-hybridized carbons (Fsp3) is 0.294. The van der Waals surface area contributed by atoms with Crippen molar-refractivity contribution in [1.82, 2.24) is 4.72 Å². The molecule has 1 atom stereocenters. The highest BCUT2D eigenvalue weighted by molar-refractivity contribution is 7.89. The zero-order chi connectivity index (χ0) is 17.3. The van der Waals surface area contributed by atoms with Crippen molar-refractivity contribution < 1.29 is 17.9 Å². The lowest BCUT2D eigenvalue weighted by Gasteiger charge is -2.24. The van der Waals surface area contributed by atoms with E-state index in [0.29, 0.717) is 11.1 Å². The molecule has 1 unspecified atom stereocenters. The zero-order valence-corrected chi connectivity index (χ0v) is 14.1. The van der Waals surface area contributed by atoms with E-state index in [-0.39, 0.29) is 11.4 Å². The fourth-order valence-corrected chi connectivity index (χ4v) is 3.68. The summed E-state index contributed by atoms with van der Waals surface area (Å²) in [7, 11) is -3.74. The summed E-state index contributed by atoms with van der Waals surface area (Å²) in [6.07, 6.45) is 0. The van der Waals surface area contributed by atoms with Gasteiger partial charge in [0, 0.05) is 6.54 Å². The summed E-state index contributed by atoms with van der Waals surface area (Å²) in [6, 6.07) is 10.4. The van der Waals surface area contributed by atoms with Crippen molar-refractivity contribution in [3.63, 3.8) is 0 Å². The van der Waals surface area contributed by atoms with Crippen LogP contribution in [-0.2, 0) is 15.6 Å². The van der Waals surface area contributed by atoms with Gasteiger partial charge < -0.3 is 5.11 Å². The minimum Gasteiger partial charge on any atom is -0.384 e. The fourth-order valence-electron chi connectivity index (χ4n) is 2.33. The largest absolute Gasteiger partial charge is 0.384 e. The summed E-state index contributed by atoms with van der Waals surface area (Å²) in [6.45, 7) is 4.87. The van der Waals surface area contributed by atoms with Gasteiger partial charge in [-0.05, 0) is 50.1 Å². The molecule has 0 aliphatic heterocycles. The number of hydrogen-bond donors (Lipinski definition) is 2. The molecule has 4 nitrogen and oxygen atoms in total. The molecule has 0 saturated heterocycles. The lowest BCUT2D eigenvalue weighted by molar-refractivity contribution is 0.0627. The Hall–Kier alpha value is -1.76. The topological polar surface area (TPSA) is 66.4 Å². The second-order valence-corrected chi connectivity index (χ2v) is 7.61. The summed E-state index contributed by atoms with van der Waals surface area (Å²) in [5, 5.41) is 10.5. The van der Waals surface area contributed by atoms with Crippen molar-refractivity contribution in [3.05, 3.63) is 65.0 Å². The van der Waals surface area contributed by atoms with Crippen molar-refractivity contribution in [2.75, 3.05) is 6.54 Å². The van der Waals surface area contributed by atoms with Gasteiger partial charge in [0.1, 0.15) is 11.4 Å². The first-order valence-corrected chi connectivity index (χ1v) is 8.65. The molecule has 0 aromatic heterocycles. The van der Waals surface area contributed by atoms with E-state index >= 15 is 0 Å². The number of aliphatic hydroxyl groups is 1. The molecule has 0 aliphatic rings. The number of nitrogens with one attached hydrogen (secondary N) is 1. The average molecular weight is 337 g/mol. The third-order valence-corrected chi connectivity index (χ3v) is 5.25. The molecular formula is C17H20FNO3S. The van der Waals surface area contributed by atoms with E-state index in [2.05, 4.69) is 4.72 Å². The van der Waals surface area contributed by atoms with Crippen LogP contribution in [0.15, 0.2) is 47.4 Å². The maximum atomic E-state index is 13.0. The lowest BCUT2D eigenvalue weighted by Crippen LogP contribution is -2.38. The van der Waals surface area contributed by atoms with Gasteiger partial charge >= 0.3 is 0 Å². The summed E-state index contributed by atoms with van der Waals surface area (Å²) in [4.78, 5) is 0.179. The molecule has 2 rings (SSSR count). The molecule has 0 bridgehead atoms. The molecule has 124 valence electrons. The second-order valence-electron chi connectivity index (χ2n) is 5.87. The van der Waals surface area contributed by atoms with E-state index in [1.807, 2.05) is 6.92 Å². The molecule has 2 aromatic rings. The third kappa shape index (κ3) is 4.16. The third-order valence-electron chi connectivity index (χ3n) is 3.69. The van der Waals surface area contributed by atoms with Crippen molar-refractivity contribution in [3.8, 4) is 0 Å². The Kier molecular flexibility index (Phi) is 4.89. The van der Waals surface area contributed by atoms with E-state index in [1.165, 1.54) is 31.2 Å². The van der Waals surface area contributed by atoms with Crippen molar-refractivity contribution in [1.29, 1.82) is 0 Å². The average Bonchev–Trinajstić information content (AvgIpc) is 2.45. The molecule has 6 heteroatoms. The first-order valence-electron chi connectivity index (χ1n) is 7.17. The molecule has 0 amide bonds. The van der Waals surface area contributed by atoms with E-state index in [0.717, 1.165) is 5.56 Å². The predicted octanol–water partition coefficient (Wildman–Crippen LogP) is 2.63. The molecule has 2 aromatic carbocycles. The summed E-state index contributed by atoms with van der Waals surface area (Å²) < 4.78 is 40.2. The predicted molar refractivity (Wildman–Crippen MR) is 87.1 cm³/mol. The second kappa shape index (κ2) is 6.39. The Morgan fingerprint density at radius 1 is 1.13 bits per heavy atom. The van der Waals surface area contributed by atoms with Crippen LogP contribution in [0.25, 0.3) is 0 Å². The van der Waals surface area contributed by atoms with E-state index in [1.54, 1.807) is 25.1 Å². The number of hydrogen-bond acceptors (Lipinski definition) is 3. The summed E-state index contributed by atoms with van der Waals surface area (Å²) >= 11 is 0. The quantitative estimate of drug-likeness (QED) is 0.881. The number of halogens is 1. The van der Waals surface area contributed by atoms with Crippen LogP contribution in [0.5, 0.6) is 0 Å². The van der Waals surface area contributed by atoms with Crippen LogP contribution >= 0.6 is 0 Å². The van der Waals surface area contributed by atoms with Gasteiger partial charge in [-0.1, -0.05) is 29.8 Å².